The number of benzene rings is 1. The molecule has 2 aromatic rings. The third kappa shape index (κ3) is 4.10. The maximum atomic E-state index is 12.2. The summed E-state index contributed by atoms with van der Waals surface area (Å²) in [4.78, 5) is 15.8. The molecule has 1 saturated heterocycles. The largest absolute Gasteiger partial charge is 0.467 e. The van der Waals surface area contributed by atoms with Crippen LogP contribution in [-0.4, -0.2) is 38.6 Å². The molecule has 2 N–H and O–H groups in total. The van der Waals surface area contributed by atoms with Crippen LogP contribution in [0.2, 0.25) is 5.02 Å². The molecule has 0 bridgehead atoms. The molecule has 6 heteroatoms. The van der Waals surface area contributed by atoms with E-state index in [0.29, 0.717) is 6.54 Å². The summed E-state index contributed by atoms with van der Waals surface area (Å²) in [6, 6.07) is 11.5. The van der Waals surface area contributed by atoms with Crippen molar-refractivity contribution in [3.63, 3.8) is 0 Å². The van der Waals surface area contributed by atoms with Gasteiger partial charge in [-0.1, -0.05) is 23.7 Å². The molecule has 1 amide bonds. The molecular formula is C18H23ClN3O2+. The fraction of sp³-hybridized carbons (Fsp3) is 0.389. The Morgan fingerprint density at radius 1 is 1.29 bits per heavy atom. The van der Waals surface area contributed by atoms with Crippen molar-refractivity contribution in [3.05, 3.63) is 53.4 Å². The smallest absolute Gasteiger partial charge is 0.275 e. The van der Waals surface area contributed by atoms with Crippen molar-refractivity contribution in [3.8, 4) is 0 Å². The fourth-order valence-corrected chi connectivity index (χ4v) is 3.33. The Bertz CT molecular complexity index is 667. The van der Waals surface area contributed by atoms with Gasteiger partial charge >= 0.3 is 0 Å². The highest BCUT2D eigenvalue weighted by Gasteiger charge is 2.24. The molecule has 2 heterocycles. The number of hydrogen-bond donors (Lipinski definition) is 2. The first-order chi connectivity index (χ1) is 11.6. The summed E-state index contributed by atoms with van der Waals surface area (Å²) in [5, 5.41) is 3.78. The van der Waals surface area contributed by atoms with E-state index in [4.69, 9.17) is 16.0 Å². The summed E-state index contributed by atoms with van der Waals surface area (Å²) in [6.07, 6.45) is 1.62. The number of piperazine rings is 1. The summed E-state index contributed by atoms with van der Waals surface area (Å²) in [6.45, 7) is 6.07. The highest BCUT2D eigenvalue weighted by Crippen LogP contribution is 2.24. The first kappa shape index (κ1) is 16.9. The van der Waals surface area contributed by atoms with Crippen molar-refractivity contribution in [1.29, 1.82) is 0 Å². The molecule has 1 atom stereocenters. The zero-order valence-corrected chi connectivity index (χ0v) is 14.6. The average molecular weight is 349 g/mol. The van der Waals surface area contributed by atoms with Gasteiger partial charge < -0.3 is 19.5 Å². The van der Waals surface area contributed by atoms with Crippen molar-refractivity contribution >= 4 is 23.2 Å². The number of amides is 1. The Morgan fingerprint density at radius 2 is 2.04 bits per heavy atom. The molecular weight excluding hydrogens is 326 g/mol. The topological polar surface area (TPSA) is 49.9 Å². The first-order valence-corrected chi connectivity index (χ1v) is 8.67. The predicted octanol–water partition coefficient (Wildman–Crippen LogP) is 1.52. The van der Waals surface area contributed by atoms with E-state index in [1.165, 1.54) is 4.90 Å². The molecule has 0 radical (unpaired) electrons. The van der Waals surface area contributed by atoms with Gasteiger partial charge in [0.05, 0.1) is 49.2 Å². The van der Waals surface area contributed by atoms with Gasteiger partial charge in [-0.25, -0.2) is 0 Å². The third-order valence-electron chi connectivity index (χ3n) is 4.42. The average Bonchev–Trinajstić information content (AvgIpc) is 3.11. The lowest BCUT2D eigenvalue weighted by molar-refractivity contribution is -0.892. The molecule has 1 aliphatic heterocycles. The maximum absolute atomic E-state index is 12.2. The van der Waals surface area contributed by atoms with Crippen LogP contribution in [0.3, 0.4) is 0 Å². The van der Waals surface area contributed by atoms with Crippen LogP contribution >= 0.6 is 11.6 Å². The van der Waals surface area contributed by atoms with Gasteiger partial charge in [0.1, 0.15) is 5.76 Å². The van der Waals surface area contributed by atoms with E-state index in [2.05, 4.69) is 10.2 Å². The van der Waals surface area contributed by atoms with Crippen LogP contribution in [0.1, 0.15) is 18.7 Å². The third-order valence-corrected chi connectivity index (χ3v) is 4.74. The summed E-state index contributed by atoms with van der Waals surface area (Å²) in [5.41, 5.74) is 1.08. The zero-order valence-electron chi connectivity index (χ0n) is 13.8. The number of hydrogen-bond acceptors (Lipinski definition) is 3. The molecule has 1 aromatic heterocycles. The quantitative estimate of drug-likeness (QED) is 0.861. The van der Waals surface area contributed by atoms with Crippen LogP contribution in [0, 0.1) is 0 Å². The van der Waals surface area contributed by atoms with E-state index in [0.717, 1.165) is 42.6 Å². The molecule has 1 aromatic carbocycles. The number of quaternary nitrogens is 1. The molecule has 3 rings (SSSR count). The number of furan rings is 1. The zero-order chi connectivity index (χ0) is 16.9. The van der Waals surface area contributed by atoms with Crippen LogP contribution in [0.4, 0.5) is 5.69 Å². The number of para-hydroxylation sites is 1. The molecule has 1 aliphatic rings. The van der Waals surface area contributed by atoms with Crippen LogP contribution in [-0.2, 0) is 4.79 Å². The standard InChI is InChI=1S/C18H22ClN3O2/c1-14(17-7-4-12-24-17)20-18(23)13-21-8-10-22(11-9-21)16-6-3-2-5-15(16)19/h2-7,12,14H,8-11,13H2,1H3,(H,20,23)/p+1/t14-/m1/s1. The Kier molecular flexibility index (Phi) is 5.43. The summed E-state index contributed by atoms with van der Waals surface area (Å²) >= 11 is 6.26. The Hall–Kier alpha value is -1.98. The van der Waals surface area contributed by atoms with Crippen LogP contribution < -0.4 is 15.1 Å². The minimum Gasteiger partial charge on any atom is -0.467 e. The minimum absolute atomic E-state index is 0.0556. The van der Waals surface area contributed by atoms with E-state index in [9.17, 15) is 4.79 Å². The van der Waals surface area contributed by atoms with Crippen LogP contribution in [0.15, 0.2) is 47.1 Å². The highest BCUT2D eigenvalue weighted by molar-refractivity contribution is 6.33. The SMILES string of the molecule is C[C@@H](NC(=O)C[NH+]1CCN(c2ccccc2Cl)CC1)c1ccco1. The van der Waals surface area contributed by atoms with Crippen molar-refractivity contribution in [2.45, 2.75) is 13.0 Å². The molecule has 5 nitrogen and oxygen atoms in total. The van der Waals surface area contributed by atoms with Gasteiger partial charge in [-0.3, -0.25) is 4.79 Å². The van der Waals surface area contributed by atoms with Gasteiger partial charge in [0.15, 0.2) is 6.54 Å². The lowest BCUT2D eigenvalue weighted by Gasteiger charge is -2.33. The predicted molar refractivity (Wildman–Crippen MR) is 94.5 cm³/mol. The van der Waals surface area contributed by atoms with E-state index < -0.39 is 0 Å². The number of carbonyl (C=O) groups excluding carboxylic acids is 1. The number of halogens is 1. The van der Waals surface area contributed by atoms with Gasteiger partial charge in [0.2, 0.25) is 0 Å². The van der Waals surface area contributed by atoms with Gasteiger partial charge in [0.25, 0.3) is 5.91 Å². The van der Waals surface area contributed by atoms with Gasteiger partial charge in [0, 0.05) is 0 Å². The maximum Gasteiger partial charge on any atom is 0.275 e. The summed E-state index contributed by atoms with van der Waals surface area (Å²) in [7, 11) is 0. The van der Waals surface area contributed by atoms with Crippen molar-refractivity contribution in [2.75, 3.05) is 37.6 Å². The molecule has 0 saturated carbocycles. The number of rotatable bonds is 5. The summed E-state index contributed by atoms with van der Waals surface area (Å²) < 4.78 is 5.32. The van der Waals surface area contributed by atoms with Gasteiger partial charge in [-0.15, -0.1) is 0 Å². The van der Waals surface area contributed by atoms with E-state index in [-0.39, 0.29) is 11.9 Å². The van der Waals surface area contributed by atoms with E-state index >= 15 is 0 Å². The second kappa shape index (κ2) is 7.73. The molecule has 0 unspecified atom stereocenters. The van der Waals surface area contributed by atoms with Crippen molar-refractivity contribution < 1.29 is 14.1 Å². The van der Waals surface area contributed by atoms with E-state index in [1.807, 2.05) is 43.3 Å². The number of anilines is 1. The molecule has 128 valence electrons. The Balaban J connectivity index is 1.47. The normalized spacial score (nSPS) is 16.8. The van der Waals surface area contributed by atoms with Gasteiger partial charge in [-0.2, -0.15) is 0 Å². The van der Waals surface area contributed by atoms with Crippen molar-refractivity contribution in [1.82, 2.24) is 5.32 Å². The van der Waals surface area contributed by atoms with Crippen LogP contribution in [0.5, 0.6) is 0 Å². The second-order valence-corrected chi connectivity index (χ2v) is 6.58. The highest BCUT2D eigenvalue weighted by atomic mass is 35.5. The molecule has 1 fully saturated rings. The molecule has 0 aliphatic carbocycles. The lowest BCUT2D eigenvalue weighted by atomic mass is 10.2. The molecule has 0 spiro atoms. The first-order valence-electron chi connectivity index (χ1n) is 8.29. The minimum atomic E-state index is -0.101. The number of nitrogens with zero attached hydrogens (tertiary/aromatic N) is 1. The van der Waals surface area contributed by atoms with Crippen molar-refractivity contribution in [2.24, 2.45) is 0 Å². The van der Waals surface area contributed by atoms with Gasteiger partial charge in [-0.05, 0) is 31.2 Å². The Morgan fingerprint density at radius 3 is 2.71 bits per heavy atom. The molecule has 24 heavy (non-hydrogen) atoms. The Labute approximate surface area is 147 Å². The lowest BCUT2D eigenvalue weighted by Crippen LogP contribution is -3.16. The fourth-order valence-electron chi connectivity index (χ4n) is 3.08. The van der Waals surface area contributed by atoms with E-state index in [1.54, 1.807) is 6.26 Å². The van der Waals surface area contributed by atoms with Crippen LogP contribution in [0.25, 0.3) is 0 Å². The second-order valence-electron chi connectivity index (χ2n) is 6.17. The monoisotopic (exact) mass is 348 g/mol. The summed E-state index contributed by atoms with van der Waals surface area (Å²) in [5.74, 6) is 0.835. The number of nitrogens with one attached hydrogen (secondary N) is 2. The number of carbonyl (C=O) groups is 1.